The van der Waals surface area contributed by atoms with E-state index < -0.39 is 4.92 Å². The first kappa shape index (κ1) is 21.6. The first-order chi connectivity index (χ1) is 15.5. The van der Waals surface area contributed by atoms with E-state index in [1.54, 1.807) is 30.3 Å². The number of nitrogens with zero attached hydrogens (tertiary/aromatic N) is 5. The number of piperazine rings is 1. The van der Waals surface area contributed by atoms with E-state index in [0.717, 1.165) is 5.69 Å². The minimum Gasteiger partial charge on any atom is -0.495 e. The molecule has 1 aliphatic heterocycles. The molecule has 32 heavy (non-hydrogen) atoms. The second-order valence-corrected chi connectivity index (χ2v) is 7.51. The number of nitro groups is 1. The third-order valence-corrected chi connectivity index (χ3v) is 5.41. The van der Waals surface area contributed by atoms with Crippen molar-refractivity contribution in [3.8, 4) is 5.75 Å². The Hall–Kier alpha value is -3.66. The zero-order valence-corrected chi connectivity index (χ0v) is 17.9. The standard InChI is InChI=1S/C21H20ClFN6O3/c1-32-18-7-2-14(22)12-17(18)26-20-19(29(30)31)21(25-13-24-20)28-10-8-27(9-11-28)16-5-3-15(23)4-6-16/h2-7,12-13H,8-11H2,1H3,(H,24,25,26). The Morgan fingerprint density at radius 1 is 1.09 bits per heavy atom. The van der Waals surface area contributed by atoms with Gasteiger partial charge in [-0.3, -0.25) is 10.1 Å². The molecule has 3 aromatic rings. The highest BCUT2D eigenvalue weighted by atomic mass is 35.5. The summed E-state index contributed by atoms with van der Waals surface area (Å²) in [6.45, 7) is 2.24. The molecule has 0 bridgehead atoms. The number of hydrogen-bond acceptors (Lipinski definition) is 8. The topological polar surface area (TPSA) is 96.7 Å². The van der Waals surface area contributed by atoms with Gasteiger partial charge in [-0.15, -0.1) is 0 Å². The van der Waals surface area contributed by atoms with Crippen molar-refractivity contribution in [2.75, 3.05) is 48.4 Å². The van der Waals surface area contributed by atoms with Gasteiger partial charge in [0.15, 0.2) is 0 Å². The van der Waals surface area contributed by atoms with Crippen LogP contribution < -0.4 is 19.9 Å². The number of halogens is 2. The van der Waals surface area contributed by atoms with Crippen LogP contribution in [0.2, 0.25) is 5.02 Å². The lowest BCUT2D eigenvalue weighted by Gasteiger charge is -2.36. The quantitative estimate of drug-likeness (QED) is 0.432. The van der Waals surface area contributed by atoms with E-state index in [2.05, 4.69) is 20.2 Å². The first-order valence-electron chi connectivity index (χ1n) is 9.81. The lowest BCUT2D eigenvalue weighted by Crippen LogP contribution is -2.47. The van der Waals surface area contributed by atoms with Crippen LogP contribution >= 0.6 is 11.6 Å². The Labute approximate surface area is 188 Å². The van der Waals surface area contributed by atoms with Gasteiger partial charge in [0, 0.05) is 36.9 Å². The van der Waals surface area contributed by atoms with Gasteiger partial charge in [-0.25, -0.2) is 14.4 Å². The van der Waals surface area contributed by atoms with E-state index in [9.17, 15) is 14.5 Å². The maximum Gasteiger partial charge on any atom is 0.353 e. The molecule has 11 heteroatoms. The van der Waals surface area contributed by atoms with Crippen LogP contribution in [0.15, 0.2) is 48.8 Å². The predicted molar refractivity (Wildman–Crippen MR) is 121 cm³/mol. The van der Waals surface area contributed by atoms with E-state index in [-0.39, 0.29) is 23.1 Å². The number of methoxy groups -OCH3 is 1. The Kier molecular flexibility index (Phi) is 6.22. The van der Waals surface area contributed by atoms with Crippen LogP contribution in [0.25, 0.3) is 0 Å². The van der Waals surface area contributed by atoms with E-state index >= 15 is 0 Å². The van der Waals surface area contributed by atoms with Crippen LogP contribution in [0.5, 0.6) is 5.75 Å². The van der Waals surface area contributed by atoms with Crippen LogP contribution in [0.4, 0.5) is 33.1 Å². The molecular formula is C21H20ClFN6O3. The average Bonchev–Trinajstić information content (AvgIpc) is 2.79. The van der Waals surface area contributed by atoms with Crippen molar-refractivity contribution in [2.24, 2.45) is 0 Å². The number of anilines is 4. The summed E-state index contributed by atoms with van der Waals surface area (Å²) >= 11 is 6.07. The molecule has 1 saturated heterocycles. The lowest BCUT2D eigenvalue weighted by molar-refractivity contribution is -0.383. The highest BCUT2D eigenvalue weighted by molar-refractivity contribution is 6.31. The highest BCUT2D eigenvalue weighted by Crippen LogP contribution is 2.37. The fourth-order valence-corrected chi connectivity index (χ4v) is 3.77. The van der Waals surface area contributed by atoms with Gasteiger partial charge in [0.2, 0.25) is 11.6 Å². The Morgan fingerprint density at radius 2 is 1.78 bits per heavy atom. The van der Waals surface area contributed by atoms with Crippen molar-refractivity contribution < 1.29 is 14.1 Å². The molecule has 1 aromatic heterocycles. The van der Waals surface area contributed by atoms with E-state index in [1.165, 1.54) is 25.6 Å². The molecule has 2 aromatic carbocycles. The summed E-state index contributed by atoms with van der Waals surface area (Å²) in [5.74, 6) is 0.450. The third kappa shape index (κ3) is 4.50. The van der Waals surface area contributed by atoms with Gasteiger partial charge >= 0.3 is 5.69 Å². The molecule has 1 aliphatic rings. The summed E-state index contributed by atoms with van der Waals surface area (Å²) in [6.07, 6.45) is 1.29. The highest BCUT2D eigenvalue weighted by Gasteiger charge is 2.30. The van der Waals surface area contributed by atoms with E-state index in [4.69, 9.17) is 16.3 Å². The molecule has 0 unspecified atom stereocenters. The molecule has 0 aliphatic carbocycles. The zero-order valence-electron chi connectivity index (χ0n) is 17.2. The molecule has 9 nitrogen and oxygen atoms in total. The van der Waals surface area contributed by atoms with Crippen molar-refractivity contribution in [3.63, 3.8) is 0 Å². The third-order valence-electron chi connectivity index (χ3n) is 5.17. The second kappa shape index (κ2) is 9.23. The Morgan fingerprint density at radius 3 is 2.44 bits per heavy atom. The monoisotopic (exact) mass is 458 g/mol. The number of benzene rings is 2. The van der Waals surface area contributed by atoms with Gasteiger partial charge in [0.25, 0.3) is 0 Å². The van der Waals surface area contributed by atoms with Gasteiger partial charge in [-0.1, -0.05) is 11.6 Å². The SMILES string of the molecule is COc1ccc(Cl)cc1Nc1ncnc(N2CCN(c3ccc(F)cc3)CC2)c1[N+](=O)[O-]. The van der Waals surface area contributed by atoms with Gasteiger partial charge in [0.05, 0.1) is 17.7 Å². The molecule has 1 fully saturated rings. The van der Waals surface area contributed by atoms with E-state index in [0.29, 0.717) is 42.6 Å². The summed E-state index contributed by atoms with van der Waals surface area (Å²) < 4.78 is 18.5. The molecule has 2 heterocycles. The van der Waals surface area contributed by atoms with Crippen molar-refractivity contribution >= 4 is 40.3 Å². The van der Waals surface area contributed by atoms with Gasteiger partial charge in [-0.05, 0) is 42.5 Å². The second-order valence-electron chi connectivity index (χ2n) is 7.07. The van der Waals surface area contributed by atoms with Gasteiger partial charge in [-0.2, -0.15) is 0 Å². The normalized spacial score (nSPS) is 13.7. The van der Waals surface area contributed by atoms with Crippen molar-refractivity contribution in [1.82, 2.24) is 9.97 Å². The van der Waals surface area contributed by atoms with Crippen molar-refractivity contribution in [1.29, 1.82) is 0 Å². The summed E-state index contributed by atoms with van der Waals surface area (Å²) in [5, 5.41) is 15.4. The first-order valence-corrected chi connectivity index (χ1v) is 10.2. The maximum absolute atomic E-state index is 13.2. The number of hydrogen-bond donors (Lipinski definition) is 1. The fourth-order valence-electron chi connectivity index (χ4n) is 3.59. The molecule has 166 valence electrons. The number of aromatic nitrogens is 2. The molecule has 1 N–H and O–H groups in total. The number of rotatable bonds is 6. The maximum atomic E-state index is 13.2. The van der Waals surface area contributed by atoms with Crippen molar-refractivity contribution in [2.45, 2.75) is 0 Å². The van der Waals surface area contributed by atoms with E-state index in [1.807, 2.05) is 4.90 Å². The Balaban J connectivity index is 1.58. The summed E-state index contributed by atoms with van der Waals surface area (Å²) in [7, 11) is 1.49. The van der Waals surface area contributed by atoms with Gasteiger partial charge < -0.3 is 19.9 Å². The van der Waals surface area contributed by atoms with Gasteiger partial charge in [0.1, 0.15) is 17.9 Å². The molecule has 0 saturated carbocycles. The summed E-state index contributed by atoms with van der Waals surface area (Å²) in [4.78, 5) is 23.7. The smallest absolute Gasteiger partial charge is 0.353 e. The fraction of sp³-hybridized carbons (Fsp3) is 0.238. The molecule has 4 rings (SSSR count). The minimum absolute atomic E-state index is 0.0431. The Bertz CT molecular complexity index is 1120. The van der Waals surface area contributed by atoms with Crippen LogP contribution in [-0.4, -0.2) is 48.2 Å². The summed E-state index contributed by atoms with van der Waals surface area (Å²) in [6, 6.07) is 11.2. The largest absolute Gasteiger partial charge is 0.495 e. The van der Waals surface area contributed by atoms with Crippen molar-refractivity contribution in [3.05, 3.63) is 69.7 Å². The average molecular weight is 459 g/mol. The molecule has 0 amide bonds. The molecule has 0 spiro atoms. The zero-order chi connectivity index (χ0) is 22.7. The minimum atomic E-state index is -0.499. The van der Waals surface area contributed by atoms with Crippen LogP contribution in [0, 0.1) is 15.9 Å². The summed E-state index contributed by atoms with van der Waals surface area (Å²) in [5.41, 5.74) is 1.12. The number of ether oxygens (including phenoxy) is 1. The molecular weight excluding hydrogens is 439 g/mol. The predicted octanol–water partition coefficient (Wildman–Crippen LogP) is 4.26. The number of nitrogens with one attached hydrogen (secondary N) is 1. The molecule has 0 radical (unpaired) electrons. The van der Waals surface area contributed by atoms with Crippen LogP contribution in [0.1, 0.15) is 0 Å². The van der Waals surface area contributed by atoms with Crippen LogP contribution in [0.3, 0.4) is 0 Å². The lowest BCUT2D eigenvalue weighted by atomic mass is 10.2. The molecule has 0 atom stereocenters. The van der Waals surface area contributed by atoms with Crippen LogP contribution in [-0.2, 0) is 0 Å².